The van der Waals surface area contributed by atoms with Crippen molar-refractivity contribution >= 4 is 11.9 Å². The van der Waals surface area contributed by atoms with Crippen molar-refractivity contribution in [3.8, 4) is 0 Å². The van der Waals surface area contributed by atoms with Crippen molar-refractivity contribution in [2.45, 2.75) is 25.3 Å². The van der Waals surface area contributed by atoms with Gasteiger partial charge in [-0.2, -0.15) is 0 Å². The van der Waals surface area contributed by atoms with Crippen molar-refractivity contribution in [2.24, 2.45) is 0 Å². The molecule has 1 fully saturated rings. The lowest BCUT2D eigenvalue weighted by Crippen LogP contribution is -2.51. The van der Waals surface area contributed by atoms with Crippen LogP contribution in [0, 0.1) is 0 Å². The lowest BCUT2D eigenvalue weighted by Gasteiger charge is -2.33. The lowest BCUT2D eigenvalue weighted by atomic mass is 10.0. The van der Waals surface area contributed by atoms with E-state index in [1.165, 1.54) is 7.11 Å². The van der Waals surface area contributed by atoms with Gasteiger partial charge in [-0.25, -0.2) is 4.79 Å². The van der Waals surface area contributed by atoms with Gasteiger partial charge >= 0.3 is 5.97 Å². The molecule has 1 atom stereocenters. The van der Waals surface area contributed by atoms with Crippen LogP contribution in [-0.2, 0) is 19.1 Å². The van der Waals surface area contributed by atoms with Crippen molar-refractivity contribution in [1.29, 1.82) is 0 Å². The maximum atomic E-state index is 12.0. The first-order valence-electron chi connectivity index (χ1n) is 6.27. The van der Waals surface area contributed by atoms with Crippen LogP contribution in [0.3, 0.4) is 0 Å². The largest absolute Gasteiger partial charge is 0.467 e. The van der Waals surface area contributed by atoms with Gasteiger partial charge in [0.05, 0.1) is 20.3 Å². The van der Waals surface area contributed by atoms with Gasteiger partial charge in [0.15, 0.2) is 0 Å². The fourth-order valence-electron chi connectivity index (χ4n) is 2.08. The number of likely N-dealkylation sites (tertiary alicyclic amines) is 1. The molecule has 1 unspecified atom stereocenters. The van der Waals surface area contributed by atoms with Gasteiger partial charge in [0, 0.05) is 20.2 Å². The lowest BCUT2D eigenvalue weighted by molar-refractivity contribution is -0.154. The van der Waals surface area contributed by atoms with Crippen LogP contribution in [0.4, 0.5) is 0 Å². The fourth-order valence-corrected chi connectivity index (χ4v) is 2.08. The summed E-state index contributed by atoms with van der Waals surface area (Å²) in [4.78, 5) is 25.2. The average molecular weight is 258 g/mol. The van der Waals surface area contributed by atoms with Gasteiger partial charge < -0.3 is 19.7 Å². The third-order valence-electron chi connectivity index (χ3n) is 3.06. The van der Waals surface area contributed by atoms with Crippen LogP contribution in [0.5, 0.6) is 0 Å². The summed E-state index contributed by atoms with van der Waals surface area (Å²) in [6, 6.07) is -0.416. The molecule has 0 aromatic heterocycles. The minimum atomic E-state index is -0.416. The number of carbonyl (C=O) groups is 2. The van der Waals surface area contributed by atoms with E-state index in [4.69, 9.17) is 9.47 Å². The number of carbonyl (C=O) groups excluding carboxylic acids is 2. The molecule has 1 aliphatic heterocycles. The van der Waals surface area contributed by atoms with Crippen molar-refractivity contribution in [3.05, 3.63) is 0 Å². The Hall–Kier alpha value is -1.14. The minimum absolute atomic E-state index is 0.0544. The monoisotopic (exact) mass is 258 g/mol. The Morgan fingerprint density at radius 3 is 2.78 bits per heavy atom. The molecule has 1 N–H and O–H groups in total. The Kier molecular flexibility index (Phi) is 6.67. The molecule has 6 nitrogen and oxygen atoms in total. The number of ether oxygens (including phenoxy) is 2. The van der Waals surface area contributed by atoms with Crippen LogP contribution in [0.2, 0.25) is 0 Å². The summed E-state index contributed by atoms with van der Waals surface area (Å²) in [6.07, 6.45) is 2.59. The number of hydrogen-bond donors (Lipinski definition) is 1. The molecular formula is C12H22N2O4. The Bertz CT molecular complexity index is 283. The molecule has 0 spiro atoms. The normalized spacial score (nSPS) is 19.7. The Balaban J connectivity index is 2.44. The Morgan fingerprint density at radius 2 is 2.11 bits per heavy atom. The molecule has 0 aliphatic carbocycles. The predicted molar refractivity (Wildman–Crippen MR) is 66.1 cm³/mol. The van der Waals surface area contributed by atoms with Gasteiger partial charge in [-0.15, -0.1) is 0 Å². The molecular weight excluding hydrogens is 236 g/mol. The van der Waals surface area contributed by atoms with Gasteiger partial charge in [-0.1, -0.05) is 0 Å². The van der Waals surface area contributed by atoms with E-state index in [0.29, 0.717) is 26.1 Å². The van der Waals surface area contributed by atoms with Crippen LogP contribution < -0.4 is 5.32 Å². The molecule has 1 saturated heterocycles. The molecule has 1 aliphatic rings. The molecule has 6 heteroatoms. The van der Waals surface area contributed by atoms with Crippen molar-refractivity contribution in [3.63, 3.8) is 0 Å². The zero-order valence-electron chi connectivity index (χ0n) is 11.1. The van der Waals surface area contributed by atoms with E-state index in [2.05, 4.69) is 5.32 Å². The first kappa shape index (κ1) is 14.9. The number of hydrogen-bond acceptors (Lipinski definition) is 5. The maximum absolute atomic E-state index is 12.0. The second-order valence-corrected chi connectivity index (χ2v) is 4.29. The molecule has 1 heterocycles. The fraction of sp³-hybridized carbons (Fsp3) is 0.833. The van der Waals surface area contributed by atoms with Gasteiger partial charge in [-0.05, 0) is 19.3 Å². The second-order valence-electron chi connectivity index (χ2n) is 4.29. The van der Waals surface area contributed by atoms with E-state index in [-0.39, 0.29) is 18.4 Å². The van der Waals surface area contributed by atoms with Crippen LogP contribution in [0.15, 0.2) is 0 Å². The number of nitrogens with one attached hydrogen (secondary N) is 1. The highest BCUT2D eigenvalue weighted by Crippen LogP contribution is 2.17. The summed E-state index contributed by atoms with van der Waals surface area (Å²) in [5.74, 6) is -0.374. The maximum Gasteiger partial charge on any atom is 0.328 e. The van der Waals surface area contributed by atoms with E-state index >= 15 is 0 Å². The zero-order valence-corrected chi connectivity index (χ0v) is 11.1. The topological polar surface area (TPSA) is 67.9 Å². The Labute approximate surface area is 108 Å². The van der Waals surface area contributed by atoms with E-state index in [0.717, 1.165) is 12.8 Å². The van der Waals surface area contributed by atoms with Crippen LogP contribution in [0.1, 0.15) is 19.3 Å². The summed E-state index contributed by atoms with van der Waals surface area (Å²) in [7, 11) is 2.97. The van der Waals surface area contributed by atoms with E-state index in [1.807, 2.05) is 0 Å². The summed E-state index contributed by atoms with van der Waals surface area (Å²) < 4.78 is 9.62. The van der Waals surface area contributed by atoms with Crippen molar-refractivity contribution in [2.75, 3.05) is 40.5 Å². The Morgan fingerprint density at radius 1 is 1.33 bits per heavy atom. The molecule has 1 amide bonds. The minimum Gasteiger partial charge on any atom is -0.467 e. The summed E-state index contributed by atoms with van der Waals surface area (Å²) in [6.45, 7) is 2.05. The summed E-state index contributed by atoms with van der Waals surface area (Å²) in [5, 5.41) is 2.99. The molecule has 0 aromatic carbocycles. The van der Waals surface area contributed by atoms with E-state index in [1.54, 1.807) is 12.0 Å². The summed E-state index contributed by atoms with van der Waals surface area (Å²) >= 11 is 0. The third kappa shape index (κ3) is 4.27. The predicted octanol–water partition coefficient (Wildman–Crippen LogP) is -0.223. The number of esters is 1. The van der Waals surface area contributed by atoms with Gasteiger partial charge in [0.2, 0.25) is 5.91 Å². The SMILES string of the molecule is COCCNCC(=O)N1CCCCC1C(=O)OC. The highest BCUT2D eigenvalue weighted by molar-refractivity contribution is 5.85. The molecule has 0 bridgehead atoms. The number of amides is 1. The van der Waals surface area contributed by atoms with Gasteiger partial charge in [0.25, 0.3) is 0 Å². The first-order valence-corrected chi connectivity index (χ1v) is 6.27. The van der Waals surface area contributed by atoms with Crippen molar-refractivity contribution < 1.29 is 19.1 Å². The van der Waals surface area contributed by atoms with Crippen LogP contribution in [-0.4, -0.2) is 63.3 Å². The molecule has 0 radical (unpaired) electrons. The number of piperidine rings is 1. The molecule has 104 valence electrons. The van der Waals surface area contributed by atoms with Gasteiger partial charge in [0.1, 0.15) is 6.04 Å². The standard InChI is InChI=1S/C12H22N2O4/c1-17-8-6-13-9-11(15)14-7-4-3-5-10(14)12(16)18-2/h10,13H,3-9H2,1-2H3. The number of nitrogens with zero attached hydrogens (tertiary/aromatic N) is 1. The zero-order chi connectivity index (χ0) is 13.4. The van der Waals surface area contributed by atoms with E-state index < -0.39 is 6.04 Å². The highest BCUT2D eigenvalue weighted by atomic mass is 16.5. The first-order chi connectivity index (χ1) is 8.70. The molecule has 0 aromatic rings. The second kappa shape index (κ2) is 8.05. The molecule has 0 saturated carbocycles. The van der Waals surface area contributed by atoms with Crippen LogP contribution in [0.25, 0.3) is 0 Å². The molecule has 18 heavy (non-hydrogen) atoms. The highest BCUT2D eigenvalue weighted by Gasteiger charge is 2.32. The summed E-state index contributed by atoms with van der Waals surface area (Å²) in [5.41, 5.74) is 0. The smallest absolute Gasteiger partial charge is 0.328 e. The quantitative estimate of drug-likeness (QED) is 0.527. The molecule has 1 rings (SSSR count). The van der Waals surface area contributed by atoms with Crippen molar-refractivity contribution in [1.82, 2.24) is 10.2 Å². The van der Waals surface area contributed by atoms with Gasteiger partial charge in [-0.3, -0.25) is 4.79 Å². The average Bonchev–Trinajstić information content (AvgIpc) is 2.42. The number of methoxy groups -OCH3 is 2. The van der Waals surface area contributed by atoms with Crippen LogP contribution >= 0.6 is 0 Å². The third-order valence-corrected chi connectivity index (χ3v) is 3.06. The number of rotatable bonds is 6. The van der Waals surface area contributed by atoms with E-state index in [9.17, 15) is 9.59 Å².